The number of ether oxygens (including phenoxy) is 2. The van der Waals surface area contributed by atoms with Gasteiger partial charge >= 0.3 is 5.97 Å². The monoisotopic (exact) mass is 758 g/mol. The lowest BCUT2D eigenvalue weighted by molar-refractivity contribution is -0.145. The fourth-order valence-corrected chi connectivity index (χ4v) is 6.96. The van der Waals surface area contributed by atoms with Gasteiger partial charge in [-0.15, -0.1) is 0 Å². The molecule has 1 aliphatic heterocycles. The van der Waals surface area contributed by atoms with Crippen molar-refractivity contribution in [3.63, 3.8) is 0 Å². The Hall–Kier alpha value is -4.85. The molecular formula is C39H40Cl2N6O6. The lowest BCUT2D eigenvalue weighted by atomic mass is 9.97. The minimum Gasteiger partial charge on any atom is -0.481 e. The number of hydrogen-bond donors (Lipinski definition) is 4. The first-order valence-electron chi connectivity index (χ1n) is 17.3. The average Bonchev–Trinajstić information content (AvgIpc) is 3.57. The predicted octanol–water partition coefficient (Wildman–Crippen LogP) is 5.18. The van der Waals surface area contributed by atoms with E-state index in [1.165, 1.54) is 10.6 Å². The molecule has 14 heteroatoms. The lowest BCUT2D eigenvalue weighted by Crippen LogP contribution is -2.35. The highest BCUT2D eigenvalue weighted by atomic mass is 35.5. The van der Waals surface area contributed by atoms with Crippen LogP contribution in [0.3, 0.4) is 0 Å². The summed E-state index contributed by atoms with van der Waals surface area (Å²) in [7, 11) is 1.58. The van der Waals surface area contributed by atoms with Crippen LogP contribution in [0.2, 0.25) is 10.0 Å². The number of nitrogens with one attached hydrogen (secondary N) is 3. The smallest absolute Gasteiger partial charge is 0.308 e. The number of halogens is 2. The zero-order valence-corrected chi connectivity index (χ0v) is 30.8. The Morgan fingerprint density at radius 1 is 1.00 bits per heavy atom. The van der Waals surface area contributed by atoms with E-state index < -0.39 is 12.1 Å². The number of esters is 1. The van der Waals surface area contributed by atoms with E-state index in [4.69, 9.17) is 37.7 Å². The van der Waals surface area contributed by atoms with Gasteiger partial charge in [-0.2, -0.15) is 0 Å². The third-order valence-electron chi connectivity index (χ3n) is 8.98. The number of methoxy groups -OCH3 is 1. The number of carbonyl (C=O) groups is 2. The fraction of sp³-hybridized carbons (Fsp3) is 0.308. The largest absolute Gasteiger partial charge is 0.481 e. The summed E-state index contributed by atoms with van der Waals surface area (Å²) in [4.78, 5) is 45.6. The van der Waals surface area contributed by atoms with Crippen LogP contribution in [0.1, 0.15) is 37.3 Å². The van der Waals surface area contributed by atoms with E-state index in [9.17, 15) is 19.5 Å². The summed E-state index contributed by atoms with van der Waals surface area (Å²) < 4.78 is 11.9. The minimum atomic E-state index is -0.940. The highest BCUT2D eigenvalue weighted by Gasteiger charge is 2.21. The molecule has 1 fully saturated rings. The SMILES string of the molecule is CCOC(=O)C[C@@H](O)CNCc1cnc2cc(-c3cccc(-c4cccc(-c5ccc(CNC[C@@H]6CCC(=O)N6)c(OC)n5)c4Cl)c3Cl)ccn2c1=O. The van der Waals surface area contributed by atoms with Crippen LogP contribution in [0.15, 0.2) is 77.9 Å². The number of rotatable bonds is 15. The van der Waals surface area contributed by atoms with Gasteiger partial charge in [-0.05, 0) is 37.1 Å². The first-order chi connectivity index (χ1) is 25.7. The second kappa shape index (κ2) is 17.3. The zero-order chi connectivity index (χ0) is 37.5. The molecule has 2 atom stereocenters. The van der Waals surface area contributed by atoms with Crippen molar-refractivity contribution < 1.29 is 24.2 Å². The lowest BCUT2D eigenvalue weighted by Gasteiger charge is -2.16. The molecule has 1 amide bonds. The van der Waals surface area contributed by atoms with Gasteiger partial charge < -0.3 is 30.5 Å². The quantitative estimate of drug-likeness (QED) is 0.105. The summed E-state index contributed by atoms with van der Waals surface area (Å²) in [6, 6.07) is 19.0. The number of aliphatic hydroxyl groups is 1. The van der Waals surface area contributed by atoms with E-state index in [1.807, 2.05) is 48.5 Å². The number of aliphatic hydroxyl groups excluding tert-OH is 1. The molecule has 4 heterocycles. The molecule has 1 aliphatic rings. The van der Waals surface area contributed by atoms with E-state index in [-0.39, 0.29) is 43.6 Å². The standard InChI is InChI=1S/C39H40Cl2N6O6/c1-3-53-35(50)17-27(48)22-43-19-25-20-44-33-16-23(14-15-47(33)39(25)51)28-6-4-7-29(36(28)40)30-8-5-9-31(37(30)41)32-12-10-24(38(46-32)52-2)18-42-21-26-11-13-34(49)45-26/h4-10,12,14-16,20,26-27,42-43,48H,3,11,13,17-19,21-22H2,1-2H3,(H,45,49)/t26-,27+/m0/s1. The van der Waals surface area contributed by atoms with Crippen molar-refractivity contribution in [2.24, 2.45) is 0 Å². The van der Waals surface area contributed by atoms with Crippen molar-refractivity contribution in [3.05, 3.63) is 105 Å². The molecule has 12 nitrogen and oxygen atoms in total. The second-order valence-corrected chi connectivity index (χ2v) is 13.4. The average molecular weight is 760 g/mol. The van der Waals surface area contributed by atoms with Gasteiger partial charge in [-0.1, -0.05) is 65.7 Å². The molecule has 4 N–H and O–H groups in total. The first-order valence-corrected chi connectivity index (χ1v) is 18.1. The van der Waals surface area contributed by atoms with E-state index in [0.29, 0.717) is 57.9 Å². The van der Waals surface area contributed by atoms with Gasteiger partial charge in [-0.25, -0.2) is 9.97 Å². The molecule has 0 saturated carbocycles. The van der Waals surface area contributed by atoms with Crippen LogP contribution in [0.25, 0.3) is 39.2 Å². The molecule has 2 aromatic carbocycles. The van der Waals surface area contributed by atoms with Gasteiger partial charge in [0, 0.05) is 84.4 Å². The molecule has 0 bridgehead atoms. The molecule has 6 rings (SSSR count). The number of pyridine rings is 2. The fourth-order valence-electron chi connectivity index (χ4n) is 6.30. The van der Waals surface area contributed by atoms with E-state index >= 15 is 0 Å². The molecular weight excluding hydrogens is 719 g/mol. The van der Waals surface area contributed by atoms with Crippen molar-refractivity contribution in [2.45, 2.75) is 51.4 Å². The van der Waals surface area contributed by atoms with Crippen molar-refractivity contribution in [3.8, 4) is 39.4 Å². The summed E-state index contributed by atoms with van der Waals surface area (Å²) in [5.41, 5.74) is 5.75. The Morgan fingerprint density at radius 3 is 2.43 bits per heavy atom. The van der Waals surface area contributed by atoms with Gasteiger partial charge in [0.1, 0.15) is 5.65 Å². The van der Waals surface area contributed by atoms with Crippen LogP contribution in [0, 0.1) is 0 Å². The topological polar surface area (TPSA) is 156 Å². The number of amides is 1. The van der Waals surface area contributed by atoms with Crippen LogP contribution in [-0.4, -0.2) is 70.3 Å². The molecule has 1 saturated heterocycles. The van der Waals surface area contributed by atoms with Crippen molar-refractivity contribution >= 4 is 40.7 Å². The van der Waals surface area contributed by atoms with Crippen LogP contribution >= 0.6 is 23.2 Å². The Balaban J connectivity index is 1.19. The minimum absolute atomic E-state index is 0.0846. The van der Waals surface area contributed by atoms with Gasteiger partial charge in [0.15, 0.2) is 0 Å². The molecule has 5 aromatic rings. The van der Waals surface area contributed by atoms with E-state index in [1.54, 1.807) is 32.4 Å². The van der Waals surface area contributed by atoms with Gasteiger partial charge in [0.25, 0.3) is 5.56 Å². The summed E-state index contributed by atoms with van der Waals surface area (Å²) in [5.74, 6) is 0.0797. The second-order valence-electron chi connectivity index (χ2n) is 12.7. The Labute approximate surface area is 316 Å². The van der Waals surface area contributed by atoms with Gasteiger partial charge in [0.05, 0.1) is 42.0 Å². The van der Waals surface area contributed by atoms with Crippen LogP contribution in [0.4, 0.5) is 0 Å². The summed E-state index contributed by atoms with van der Waals surface area (Å²) in [5, 5.41) is 20.4. The number of nitrogens with zero attached hydrogens (tertiary/aromatic N) is 3. The summed E-state index contributed by atoms with van der Waals surface area (Å²) in [6.45, 7) is 3.41. The van der Waals surface area contributed by atoms with E-state index in [0.717, 1.165) is 34.2 Å². The van der Waals surface area contributed by atoms with Crippen LogP contribution < -0.4 is 26.2 Å². The third-order valence-corrected chi connectivity index (χ3v) is 9.80. The van der Waals surface area contributed by atoms with E-state index in [2.05, 4.69) is 20.9 Å². The molecule has 0 spiro atoms. The first kappa shape index (κ1) is 37.9. The number of aromatic nitrogens is 3. The maximum Gasteiger partial charge on any atom is 0.308 e. The maximum absolute atomic E-state index is 13.2. The van der Waals surface area contributed by atoms with Crippen molar-refractivity contribution in [1.29, 1.82) is 0 Å². The maximum atomic E-state index is 13.2. The van der Waals surface area contributed by atoms with Gasteiger partial charge in [0.2, 0.25) is 11.8 Å². The molecule has 53 heavy (non-hydrogen) atoms. The Morgan fingerprint density at radius 2 is 1.72 bits per heavy atom. The summed E-state index contributed by atoms with van der Waals surface area (Å²) >= 11 is 14.2. The molecule has 0 radical (unpaired) electrons. The summed E-state index contributed by atoms with van der Waals surface area (Å²) in [6.07, 6.45) is 3.45. The predicted molar refractivity (Wildman–Crippen MR) is 204 cm³/mol. The number of benzene rings is 2. The number of fused-ring (bicyclic) bond motifs is 1. The van der Waals surface area contributed by atoms with Crippen molar-refractivity contribution in [2.75, 3.05) is 26.8 Å². The van der Waals surface area contributed by atoms with Crippen LogP contribution in [0.5, 0.6) is 5.88 Å². The normalized spacial score (nSPS) is 14.7. The zero-order valence-electron chi connectivity index (χ0n) is 29.3. The van der Waals surface area contributed by atoms with Gasteiger partial charge in [-0.3, -0.25) is 18.8 Å². The molecule has 3 aromatic heterocycles. The van der Waals surface area contributed by atoms with Crippen molar-refractivity contribution in [1.82, 2.24) is 30.3 Å². The Kier molecular flexibility index (Phi) is 12.4. The Bertz CT molecular complexity index is 2190. The highest BCUT2D eigenvalue weighted by Crippen LogP contribution is 2.42. The number of hydrogen-bond acceptors (Lipinski definition) is 10. The molecule has 276 valence electrons. The molecule has 0 unspecified atom stereocenters. The third kappa shape index (κ3) is 8.86. The number of carbonyl (C=O) groups excluding carboxylic acids is 2. The highest BCUT2D eigenvalue weighted by molar-refractivity contribution is 6.39. The molecule has 0 aliphatic carbocycles. The van der Waals surface area contributed by atoms with Crippen LogP contribution in [-0.2, 0) is 27.4 Å².